The van der Waals surface area contributed by atoms with Gasteiger partial charge in [-0.2, -0.15) is 5.10 Å². The van der Waals surface area contributed by atoms with Gasteiger partial charge in [-0.05, 0) is 31.0 Å². The Morgan fingerprint density at radius 1 is 1.26 bits per heavy atom. The van der Waals surface area contributed by atoms with Gasteiger partial charge in [0, 0.05) is 18.7 Å². The van der Waals surface area contributed by atoms with Crippen LogP contribution in [-0.4, -0.2) is 33.0 Å². The van der Waals surface area contributed by atoms with Crippen LogP contribution < -0.4 is 0 Å². The van der Waals surface area contributed by atoms with Gasteiger partial charge in [-0.3, -0.25) is 0 Å². The number of rotatable bonds is 4. The van der Waals surface area contributed by atoms with E-state index in [0.29, 0.717) is 5.92 Å². The number of nitrogens with zero attached hydrogens (tertiary/aromatic N) is 3. The van der Waals surface area contributed by atoms with E-state index in [0.717, 1.165) is 43.5 Å². The number of aromatic amines is 1. The number of ether oxygens (including phenoxy) is 1. The molecule has 1 aliphatic heterocycles. The molecule has 5 heteroatoms. The van der Waals surface area contributed by atoms with Gasteiger partial charge in [0.15, 0.2) is 11.6 Å². The van der Waals surface area contributed by atoms with Crippen LogP contribution >= 0.6 is 0 Å². The monoisotopic (exact) mass is 308 g/mol. The van der Waals surface area contributed by atoms with Gasteiger partial charge in [-0.15, -0.1) is 0 Å². The van der Waals surface area contributed by atoms with Crippen LogP contribution in [0.5, 0.6) is 0 Å². The highest BCUT2D eigenvalue weighted by Crippen LogP contribution is 2.25. The number of H-pyrrole nitrogens is 1. The van der Waals surface area contributed by atoms with Crippen LogP contribution in [0.15, 0.2) is 42.6 Å². The summed E-state index contributed by atoms with van der Waals surface area (Å²) >= 11 is 0. The minimum Gasteiger partial charge on any atom is -0.381 e. The molecule has 23 heavy (non-hydrogen) atoms. The Bertz CT molecular complexity index is 768. The van der Waals surface area contributed by atoms with Crippen molar-refractivity contribution < 1.29 is 4.74 Å². The molecule has 3 heterocycles. The number of hydrogen-bond donors (Lipinski definition) is 1. The first-order valence-electron chi connectivity index (χ1n) is 8.01. The van der Waals surface area contributed by atoms with E-state index in [2.05, 4.69) is 36.2 Å². The average molecular weight is 308 g/mol. The van der Waals surface area contributed by atoms with Crippen molar-refractivity contribution in [3.8, 4) is 11.5 Å². The molecule has 1 aromatic carbocycles. The average Bonchev–Trinajstić information content (AvgIpc) is 3.30. The smallest absolute Gasteiger partial charge is 0.175 e. The van der Waals surface area contributed by atoms with E-state index in [-0.39, 0.29) is 0 Å². The molecule has 2 aromatic heterocycles. The normalized spacial score (nSPS) is 17.7. The molecule has 1 N–H and O–H groups in total. The van der Waals surface area contributed by atoms with E-state index in [1.807, 2.05) is 23.0 Å². The van der Waals surface area contributed by atoms with Crippen LogP contribution in [0.1, 0.15) is 29.3 Å². The molecule has 5 nitrogen and oxygen atoms in total. The lowest BCUT2D eigenvalue weighted by Gasteiger charge is -2.05. The molecule has 0 unspecified atom stereocenters. The maximum atomic E-state index is 5.49. The molecule has 4 rings (SSSR count). The van der Waals surface area contributed by atoms with Crippen LogP contribution in [0.3, 0.4) is 0 Å². The lowest BCUT2D eigenvalue weighted by atomic mass is 10.1. The standard InChI is InChI=1S/C18H20N4O/c1-13-4-6-14(7-5-13)11-22-18(16-3-2-9-19-16)20-17(21-22)15-8-10-23-12-15/h2-7,9,15,19H,8,10-12H2,1H3/t15-/m0/s1. The Morgan fingerprint density at radius 2 is 2.13 bits per heavy atom. The van der Waals surface area contributed by atoms with Crippen molar-refractivity contribution in [3.05, 3.63) is 59.5 Å². The Kier molecular flexibility index (Phi) is 3.71. The lowest BCUT2D eigenvalue weighted by Crippen LogP contribution is -2.06. The summed E-state index contributed by atoms with van der Waals surface area (Å²) in [4.78, 5) is 8.03. The first-order chi connectivity index (χ1) is 11.3. The summed E-state index contributed by atoms with van der Waals surface area (Å²) in [6.45, 7) is 4.34. The van der Waals surface area contributed by atoms with Gasteiger partial charge in [0.25, 0.3) is 0 Å². The van der Waals surface area contributed by atoms with E-state index < -0.39 is 0 Å². The van der Waals surface area contributed by atoms with Gasteiger partial charge >= 0.3 is 0 Å². The summed E-state index contributed by atoms with van der Waals surface area (Å²) in [5.74, 6) is 2.08. The third-order valence-electron chi connectivity index (χ3n) is 4.27. The predicted octanol–water partition coefficient (Wildman–Crippen LogP) is 3.13. The SMILES string of the molecule is Cc1ccc(Cn2nc([C@H]3CCOC3)nc2-c2ccc[nH]2)cc1. The zero-order valence-electron chi connectivity index (χ0n) is 13.2. The number of aryl methyl sites for hydroxylation is 1. The summed E-state index contributed by atoms with van der Waals surface area (Å²) in [5.41, 5.74) is 3.48. The first kappa shape index (κ1) is 14.2. The van der Waals surface area contributed by atoms with Gasteiger partial charge in [-0.25, -0.2) is 9.67 Å². The van der Waals surface area contributed by atoms with E-state index in [1.165, 1.54) is 11.1 Å². The summed E-state index contributed by atoms with van der Waals surface area (Å²) in [6.07, 6.45) is 2.91. The number of benzene rings is 1. The molecule has 118 valence electrons. The van der Waals surface area contributed by atoms with E-state index in [4.69, 9.17) is 14.8 Å². The number of hydrogen-bond acceptors (Lipinski definition) is 3. The fraction of sp³-hybridized carbons (Fsp3) is 0.333. The topological polar surface area (TPSA) is 55.7 Å². The van der Waals surface area contributed by atoms with Crippen LogP contribution in [0, 0.1) is 6.92 Å². The largest absolute Gasteiger partial charge is 0.381 e. The second-order valence-electron chi connectivity index (χ2n) is 6.08. The molecule has 0 aliphatic carbocycles. The van der Waals surface area contributed by atoms with Crippen molar-refractivity contribution in [2.75, 3.05) is 13.2 Å². The molecule has 0 saturated carbocycles. The molecular weight excluding hydrogens is 288 g/mol. The first-order valence-corrected chi connectivity index (χ1v) is 8.01. The minimum absolute atomic E-state index is 0.308. The number of aromatic nitrogens is 4. The molecule has 0 amide bonds. The second kappa shape index (κ2) is 6.01. The van der Waals surface area contributed by atoms with Crippen molar-refractivity contribution in [1.29, 1.82) is 0 Å². The van der Waals surface area contributed by atoms with Crippen molar-refractivity contribution >= 4 is 0 Å². The zero-order valence-corrected chi connectivity index (χ0v) is 13.2. The van der Waals surface area contributed by atoms with E-state index in [1.54, 1.807) is 0 Å². The van der Waals surface area contributed by atoms with E-state index in [9.17, 15) is 0 Å². The molecule has 0 spiro atoms. The third-order valence-corrected chi connectivity index (χ3v) is 4.27. The van der Waals surface area contributed by atoms with Crippen molar-refractivity contribution in [2.24, 2.45) is 0 Å². The minimum atomic E-state index is 0.308. The van der Waals surface area contributed by atoms with Gasteiger partial charge < -0.3 is 9.72 Å². The fourth-order valence-electron chi connectivity index (χ4n) is 2.92. The molecule has 1 fully saturated rings. The molecule has 1 saturated heterocycles. The van der Waals surface area contributed by atoms with Crippen LogP contribution in [0.2, 0.25) is 0 Å². The van der Waals surface area contributed by atoms with Crippen LogP contribution in [0.4, 0.5) is 0 Å². The van der Waals surface area contributed by atoms with Crippen molar-refractivity contribution in [1.82, 2.24) is 19.7 Å². The Hall–Kier alpha value is -2.40. The van der Waals surface area contributed by atoms with Crippen molar-refractivity contribution in [3.63, 3.8) is 0 Å². The Labute approximate surface area is 135 Å². The quantitative estimate of drug-likeness (QED) is 0.805. The van der Waals surface area contributed by atoms with Crippen LogP contribution in [0.25, 0.3) is 11.5 Å². The maximum Gasteiger partial charge on any atom is 0.175 e. The van der Waals surface area contributed by atoms with Gasteiger partial charge in [-0.1, -0.05) is 29.8 Å². The highest BCUT2D eigenvalue weighted by Gasteiger charge is 2.24. The summed E-state index contributed by atoms with van der Waals surface area (Å²) in [6, 6.07) is 12.6. The lowest BCUT2D eigenvalue weighted by molar-refractivity contribution is 0.193. The predicted molar refractivity (Wildman–Crippen MR) is 88.3 cm³/mol. The van der Waals surface area contributed by atoms with Crippen LogP contribution in [-0.2, 0) is 11.3 Å². The molecular formula is C18H20N4O. The zero-order chi connectivity index (χ0) is 15.6. The molecule has 0 radical (unpaired) electrons. The third kappa shape index (κ3) is 2.92. The summed E-state index contributed by atoms with van der Waals surface area (Å²) < 4.78 is 7.48. The fourth-order valence-corrected chi connectivity index (χ4v) is 2.92. The molecule has 1 atom stereocenters. The van der Waals surface area contributed by atoms with Gasteiger partial charge in [0.1, 0.15) is 0 Å². The molecule has 3 aromatic rings. The Balaban J connectivity index is 1.69. The van der Waals surface area contributed by atoms with Gasteiger partial charge in [0.2, 0.25) is 0 Å². The molecule has 0 bridgehead atoms. The van der Waals surface area contributed by atoms with E-state index >= 15 is 0 Å². The second-order valence-corrected chi connectivity index (χ2v) is 6.08. The highest BCUT2D eigenvalue weighted by atomic mass is 16.5. The summed E-state index contributed by atoms with van der Waals surface area (Å²) in [7, 11) is 0. The number of nitrogens with one attached hydrogen (secondary N) is 1. The summed E-state index contributed by atoms with van der Waals surface area (Å²) in [5, 5.41) is 4.77. The Morgan fingerprint density at radius 3 is 2.83 bits per heavy atom. The van der Waals surface area contributed by atoms with Crippen molar-refractivity contribution in [2.45, 2.75) is 25.8 Å². The maximum absolute atomic E-state index is 5.49. The molecule has 1 aliphatic rings. The van der Waals surface area contributed by atoms with Gasteiger partial charge in [0.05, 0.1) is 18.8 Å². The highest BCUT2D eigenvalue weighted by molar-refractivity contribution is 5.49.